The molecule has 2 aromatic rings. The average molecular weight is 337 g/mol. The lowest BCUT2D eigenvalue weighted by molar-refractivity contribution is 0.0954. The van der Waals surface area contributed by atoms with Gasteiger partial charge < -0.3 is 11.1 Å². The first kappa shape index (κ1) is 14.7. The summed E-state index contributed by atoms with van der Waals surface area (Å²) >= 11 is 3.40. The van der Waals surface area contributed by atoms with E-state index in [-0.39, 0.29) is 5.91 Å². The van der Waals surface area contributed by atoms with Gasteiger partial charge in [0, 0.05) is 17.6 Å². The number of hydrogen-bond donors (Lipinski definition) is 2. The molecule has 106 valence electrons. The molecule has 5 nitrogen and oxygen atoms in total. The number of aromatic nitrogens is 2. The van der Waals surface area contributed by atoms with Gasteiger partial charge in [0.2, 0.25) is 0 Å². The fourth-order valence-electron chi connectivity index (χ4n) is 1.99. The van der Waals surface area contributed by atoms with Crippen molar-refractivity contribution in [2.24, 2.45) is 5.73 Å². The summed E-state index contributed by atoms with van der Waals surface area (Å²) in [6.45, 7) is 2.89. The molecule has 0 aliphatic rings. The molecular formula is C14H17BrN4O. The first-order valence-electron chi connectivity index (χ1n) is 6.48. The third kappa shape index (κ3) is 3.08. The Bertz CT molecular complexity index is 592. The Labute approximate surface area is 126 Å². The number of nitrogens with two attached hydrogens (primary N) is 1. The molecule has 1 heterocycles. The van der Waals surface area contributed by atoms with Crippen LogP contribution in [0, 0.1) is 0 Å². The SMILES string of the molecule is CCc1c(C(=O)NCCN)cnn1-c1ccc(Br)cc1. The Kier molecular flexibility index (Phi) is 4.92. The number of carbonyl (C=O) groups excluding carboxylic acids is 1. The van der Waals surface area contributed by atoms with Crippen molar-refractivity contribution in [1.29, 1.82) is 0 Å². The predicted octanol–water partition coefficient (Wildman–Crippen LogP) is 1.89. The van der Waals surface area contributed by atoms with Gasteiger partial charge in [0.05, 0.1) is 23.1 Å². The fourth-order valence-corrected chi connectivity index (χ4v) is 2.25. The van der Waals surface area contributed by atoms with Crippen molar-refractivity contribution in [3.8, 4) is 5.69 Å². The first-order valence-corrected chi connectivity index (χ1v) is 7.27. The Morgan fingerprint density at radius 2 is 2.10 bits per heavy atom. The zero-order valence-electron chi connectivity index (χ0n) is 11.3. The van der Waals surface area contributed by atoms with Crippen LogP contribution in [-0.4, -0.2) is 28.8 Å². The van der Waals surface area contributed by atoms with Crippen LogP contribution in [0.2, 0.25) is 0 Å². The number of hydrogen-bond acceptors (Lipinski definition) is 3. The lowest BCUT2D eigenvalue weighted by atomic mass is 10.2. The molecule has 0 aliphatic carbocycles. The lowest BCUT2D eigenvalue weighted by Crippen LogP contribution is -2.29. The van der Waals surface area contributed by atoms with Crippen molar-refractivity contribution < 1.29 is 4.79 Å². The summed E-state index contributed by atoms with van der Waals surface area (Å²) in [5, 5.41) is 7.10. The number of nitrogens with one attached hydrogen (secondary N) is 1. The van der Waals surface area contributed by atoms with Crippen LogP contribution in [0.25, 0.3) is 5.69 Å². The molecule has 0 saturated carbocycles. The fraction of sp³-hybridized carbons (Fsp3) is 0.286. The molecule has 1 aromatic carbocycles. The molecule has 0 aliphatic heterocycles. The van der Waals surface area contributed by atoms with E-state index in [1.165, 1.54) is 0 Å². The molecule has 6 heteroatoms. The second kappa shape index (κ2) is 6.67. The van der Waals surface area contributed by atoms with Crippen LogP contribution in [0.4, 0.5) is 0 Å². The quantitative estimate of drug-likeness (QED) is 0.875. The number of halogens is 1. The topological polar surface area (TPSA) is 72.9 Å². The maximum atomic E-state index is 12.1. The largest absolute Gasteiger partial charge is 0.351 e. The summed E-state index contributed by atoms with van der Waals surface area (Å²) < 4.78 is 2.80. The zero-order chi connectivity index (χ0) is 14.5. The maximum absolute atomic E-state index is 12.1. The van der Waals surface area contributed by atoms with E-state index < -0.39 is 0 Å². The van der Waals surface area contributed by atoms with Gasteiger partial charge in [-0.3, -0.25) is 4.79 Å². The summed E-state index contributed by atoms with van der Waals surface area (Å²) in [5.41, 5.74) is 7.82. The first-order chi connectivity index (χ1) is 9.67. The number of carbonyl (C=O) groups is 1. The number of benzene rings is 1. The smallest absolute Gasteiger partial charge is 0.254 e. The van der Waals surface area contributed by atoms with Crippen molar-refractivity contribution in [3.05, 3.63) is 46.2 Å². The van der Waals surface area contributed by atoms with Crippen molar-refractivity contribution >= 4 is 21.8 Å². The van der Waals surface area contributed by atoms with Crippen LogP contribution in [0.15, 0.2) is 34.9 Å². The molecule has 20 heavy (non-hydrogen) atoms. The van der Waals surface area contributed by atoms with E-state index in [0.717, 1.165) is 22.3 Å². The zero-order valence-corrected chi connectivity index (χ0v) is 12.9. The maximum Gasteiger partial charge on any atom is 0.254 e. The molecule has 0 atom stereocenters. The molecule has 0 radical (unpaired) electrons. The summed E-state index contributed by atoms with van der Waals surface area (Å²) in [7, 11) is 0. The van der Waals surface area contributed by atoms with E-state index in [0.29, 0.717) is 18.7 Å². The minimum atomic E-state index is -0.129. The highest BCUT2D eigenvalue weighted by molar-refractivity contribution is 9.10. The summed E-state index contributed by atoms with van der Waals surface area (Å²) in [5.74, 6) is -0.129. The van der Waals surface area contributed by atoms with E-state index in [4.69, 9.17) is 5.73 Å². The van der Waals surface area contributed by atoms with Gasteiger partial charge in [0.25, 0.3) is 5.91 Å². The molecule has 0 bridgehead atoms. The number of nitrogens with zero attached hydrogens (tertiary/aromatic N) is 2. The van der Waals surface area contributed by atoms with Crippen molar-refractivity contribution in [3.63, 3.8) is 0 Å². The second-order valence-electron chi connectivity index (χ2n) is 4.29. The van der Waals surface area contributed by atoms with Crippen LogP contribution < -0.4 is 11.1 Å². The van der Waals surface area contributed by atoms with Crippen LogP contribution >= 0.6 is 15.9 Å². The highest BCUT2D eigenvalue weighted by Crippen LogP contribution is 2.18. The van der Waals surface area contributed by atoms with Crippen LogP contribution in [0.3, 0.4) is 0 Å². The summed E-state index contributed by atoms with van der Waals surface area (Å²) in [6, 6.07) is 7.81. The molecule has 0 spiro atoms. The molecule has 2 rings (SSSR count). The third-order valence-electron chi connectivity index (χ3n) is 2.95. The van der Waals surface area contributed by atoms with Crippen molar-refractivity contribution in [2.75, 3.05) is 13.1 Å². The van der Waals surface area contributed by atoms with Gasteiger partial charge >= 0.3 is 0 Å². The number of rotatable bonds is 5. The van der Waals surface area contributed by atoms with Crippen molar-refractivity contribution in [2.45, 2.75) is 13.3 Å². The molecule has 3 N–H and O–H groups in total. The van der Waals surface area contributed by atoms with Crippen LogP contribution in [0.5, 0.6) is 0 Å². The van der Waals surface area contributed by atoms with Crippen LogP contribution in [-0.2, 0) is 6.42 Å². The van der Waals surface area contributed by atoms with Gasteiger partial charge in [-0.05, 0) is 30.7 Å². The van der Waals surface area contributed by atoms with E-state index in [2.05, 4.69) is 26.3 Å². The average Bonchev–Trinajstić information content (AvgIpc) is 2.89. The van der Waals surface area contributed by atoms with E-state index in [1.54, 1.807) is 10.9 Å². The third-order valence-corrected chi connectivity index (χ3v) is 3.48. The molecule has 0 fully saturated rings. The normalized spacial score (nSPS) is 10.6. The van der Waals surface area contributed by atoms with Crippen molar-refractivity contribution in [1.82, 2.24) is 15.1 Å². The molecule has 0 unspecified atom stereocenters. The Morgan fingerprint density at radius 3 is 2.70 bits per heavy atom. The highest BCUT2D eigenvalue weighted by Gasteiger charge is 2.16. The predicted molar refractivity (Wildman–Crippen MR) is 82.0 cm³/mol. The van der Waals surface area contributed by atoms with Gasteiger partial charge in [-0.25, -0.2) is 4.68 Å². The van der Waals surface area contributed by atoms with E-state index in [1.807, 2.05) is 31.2 Å². The van der Waals surface area contributed by atoms with E-state index in [9.17, 15) is 4.79 Å². The minimum absolute atomic E-state index is 0.129. The Hall–Kier alpha value is -1.66. The summed E-state index contributed by atoms with van der Waals surface area (Å²) in [4.78, 5) is 12.1. The highest BCUT2D eigenvalue weighted by atomic mass is 79.9. The van der Waals surface area contributed by atoms with Gasteiger partial charge in [-0.2, -0.15) is 5.10 Å². The Morgan fingerprint density at radius 1 is 1.40 bits per heavy atom. The molecular weight excluding hydrogens is 320 g/mol. The summed E-state index contributed by atoms with van der Waals surface area (Å²) in [6.07, 6.45) is 2.33. The number of amides is 1. The molecule has 1 aromatic heterocycles. The molecule has 1 amide bonds. The van der Waals surface area contributed by atoms with Crippen LogP contribution in [0.1, 0.15) is 23.0 Å². The molecule has 0 saturated heterocycles. The van der Waals surface area contributed by atoms with Gasteiger partial charge in [0.1, 0.15) is 0 Å². The Balaban J connectivity index is 2.34. The standard InChI is InChI=1S/C14H17BrN4O/c1-2-13-12(14(20)17-8-7-16)9-18-19(13)11-5-3-10(15)4-6-11/h3-6,9H,2,7-8,16H2,1H3,(H,17,20). The van der Waals surface area contributed by atoms with Gasteiger partial charge in [0.15, 0.2) is 0 Å². The van der Waals surface area contributed by atoms with Gasteiger partial charge in [-0.15, -0.1) is 0 Å². The monoisotopic (exact) mass is 336 g/mol. The minimum Gasteiger partial charge on any atom is -0.351 e. The lowest BCUT2D eigenvalue weighted by Gasteiger charge is -2.08. The van der Waals surface area contributed by atoms with Gasteiger partial charge in [-0.1, -0.05) is 22.9 Å². The second-order valence-corrected chi connectivity index (χ2v) is 5.21. The van der Waals surface area contributed by atoms with E-state index >= 15 is 0 Å².